The molecule has 4 rings (SSSR count). The zero-order chi connectivity index (χ0) is 30.3. The van der Waals surface area contributed by atoms with E-state index in [9.17, 15) is 9.59 Å². The van der Waals surface area contributed by atoms with Crippen LogP contribution in [0.1, 0.15) is 75.4 Å². The molecule has 0 bridgehead atoms. The van der Waals surface area contributed by atoms with Crippen molar-refractivity contribution in [2.75, 3.05) is 64.7 Å². The van der Waals surface area contributed by atoms with Gasteiger partial charge < -0.3 is 24.9 Å². The lowest BCUT2D eigenvalue weighted by molar-refractivity contribution is 0.0961. The fourth-order valence-electron chi connectivity index (χ4n) is 6.19. The van der Waals surface area contributed by atoms with Crippen LogP contribution in [-0.4, -0.2) is 97.0 Å². The van der Waals surface area contributed by atoms with E-state index >= 15 is 0 Å². The van der Waals surface area contributed by atoms with Crippen LogP contribution < -0.4 is 5.32 Å². The smallest absolute Gasteiger partial charge is 0.320 e. The second kappa shape index (κ2) is 14.5. The first-order valence-electron chi connectivity index (χ1n) is 16.0. The summed E-state index contributed by atoms with van der Waals surface area (Å²) in [6.45, 7) is 18.6. The van der Waals surface area contributed by atoms with Gasteiger partial charge in [0.25, 0.3) is 5.91 Å². The fraction of sp³-hybridized carbons (Fsp3) is 0.600. The quantitative estimate of drug-likeness (QED) is 0.401. The second-order valence-electron chi connectivity index (χ2n) is 13.5. The summed E-state index contributed by atoms with van der Waals surface area (Å²) in [4.78, 5) is 35.0. The third-order valence-corrected chi connectivity index (χ3v) is 9.01. The molecule has 7 nitrogen and oxygen atoms in total. The molecule has 1 N–H and O–H groups in total. The molecule has 2 aliphatic heterocycles. The molecule has 0 aliphatic carbocycles. The van der Waals surface area contributed by atoms with Gasteiger partial charge in [0.05, 0.1) is 0 Å². The second-order valence-corrected chi connectivity index (χ2v) is 13.5. The van der Waals surface area contributed by atoms with Crippen LogP contribution in [0.25, 0.3) is 0 Å². The van der Waals surface area contributed by atoms with E-state index in [1.165, 1.54) is 11.1 Å². The lowest BCUT2D eigenvalue weighted by Gasteiger charge is -2.40. The number of hydrogen-bond donors (Lipinski definition) is 1. The first-order chi connectivity index (χ1) is 20.0. The van der Waals surface area contributed by atoms with E-state index in [2.05, 4.69) is 73.8 Å². The molecule has 0 saturated carbocycles. The Morgan fingerprint density at radius 3 is 2.21 bits per heavy atom. The maximum absolute atomic E-state index is 13.0. The van der Waals surface area contributed by atoms with Crippen LogP contribution in [0.2, 0.25) is 0 Å². The number of nitrogens with one attached hydrogen (secondary N) is 1. The minimum absolute atomic E-state index is 0.0622. The van der Waals surface area contributed by atoms with Gasteiger partial charge in [-0.3, -0.25) is 4.79 Å². The number of likely N-dealkylation sites (N-methyl/N-ethyl adjacent to an activating group) is 1. The van der Waals surface area contributed by atoms with E-state index in [0.717, 1.165) is 83.7 Å². The van der Waals surface area contributed by atoms with Crippen molar-refractivity contribution < 1.29 is 9.59 Å². The van der Waals surface area contributed by atoms with Gasteiger partial charge in [-0.1, -0.05) is 52.0 Å². The molecule has 2 saturated heterocycles. The van der Waals surface area contributed by atoms with Crippen molar-refractivity contribution >= 4 is 17.6 Å². The summed E-state index contributed by atoms with van der Waals surface area (Å²) in [7, 11) is 2.12. The third-order valence-electron chi connectivity index (χ3n) is 9.01. The van der Waals surface area contributed by atoms with Crippen LogP contribution in [0, 0.1) is 5.92 Å². The van der Waals surface area contributed by atoms with Crippen molar-refractivity contribution in [1.82, 2.24) is 19.6 Å². The van der Waals surface area contributed by atoms with Crippen molar-refractivity contribution in [3.8, 4) is 0 Å². The van der Waals surface area contributed by atoms with E-state index < -0.39 is 0 Å². The summed E-state index contributed by atoms with van der Waals surface area (Å²) >= 11 is 0. The normalized spacial score (nSPS) is 17.9. The van der Waals surface area contributed by atoms with Gasteiger partial charge in [-0.25, -0.2) is 4.79 Å². The molecule has 2 heterocycles. The predicted molar refractivity (Wildman–Crippen MR) is 173 cm³/mol. The van der Waals surface area contributed by atoms with Crippen LogP contribution in [0.4, 0.5) is 10.5 Å². The summed E-state index contributed by atoms with van der Waals surface area (Å²) in [6, 6.07) is 16.8. The van der Waals surface area contributed by atoms with Crippen molar-refractivity contribution in [3.05, 3.63) is 65.2 Å². The molecule has 230 valence electrons. The van der Waals surface area contributed by atoms with Gasteiger partial charge in [0.1, 0.15) is 0 Å². The number of piperazine rings is 1. The topological polar surface area (TPSA) is 59.1 Å². The number of carbonyl (C=O) groups is 2. The van der Waals surface area contributed by atoms with Gasteiger partial charge in [-0.05, 0) is 92.9 Å². The average molecular weight is 576 g/mol. The Kier molecular flexibility index (Phi) is 11.1. The number of benzene rings is 2. The number of amides is 3. The summed E-state index contributed by atoms with van der Waals surface area (Å²) < 4.78 is 0. The number of carbonyl (C=O) groups excluding carboxylic acids is 2. The van der Waals surface area contributed by atoms with Gasteiger partial charge in [-0.15, -0.1) is 0 Å². The first-order valence-corrected chi connectivity index (χ1v) is 16.0. The number of piperidine rings is 1. The van der Waals surface area contributed by atoms with Crippen molar-refractivity contribution in [2.24, 2.45) is 5.92 Å². The maximum atomic E-state index is 13.0. The Hall–Kier alpha value is -2.90. The molecular formula is C35H53N5O2. The molecule has 1 unspecified atom stereocenters. The lowest BCUT2D eigenvalue weighted by atomic mass is 9.87. The molecule has 2 aromatic carbocycles. The van der Waals surface area contributed by atoms with E-state index in [-0.39, 0.29) is 17.4 Å². The number of likely N-dealkylation sites (tertiary alicyclic amines) is 1. The third kappa shape index (κ3) is 8.81. The molecule has 0 radical (unpaired) electrons. The summed E-state index contributed by atoms with van der Waals surface area (Å²) in [6.07, 6.45) is 4.20. The zero-order valence-corrected chi connectivity index (χ0v) is 26.9. The Morgan fingerprint density at radius 2 is 1.60 bits per heavy atom. The highest BCUT2D eigenvalue weighted by atomic mass is 16.2. The van der Waals surface area contributed by atoms with E-state index in [1.54, 1.807) is 0 Å². The Bertz CT molecular complexity index is 1160. The van der Waals surface area contributed by atoms with Crippen LogP contribution in [0.15, 0.2) is 48.5 Å². The Morgan fingerprint density at radius 1 is 0.952 bits per heavy atom. The molecule has 0 aromatic heterocycles. The highest BCUT2D eigenvalue weighted by Gasteiger charge is 2.29. The van der Waals surface area contributed by atoms with Gasteiger partial charge in [0.2, 0.25) is 0 Å². The number of nitrogens with zero attached hydrogens (tertiary/aromatic N) is 4. The Balaban J connectivity index is 1.28. The average Bonchev–Trinajstić information content (AvgIpc) is 2.97. The summed E-state index contributed by atoms with van der Waals surface area (Å²) in [5.41, 5.74) is 4.02. The molecular weight excluding hydrogens is 522 g/mol. The van der Waals surface area contributed by atoms with Gasteiger partial charge in [-0.2, -0.15) is 0 Å². The zero-order valence-electron chi connectivity index (χ0n) is 26.9. The largest absolute Gasteiger partial charge is 0.325 e. The number of urea groups is 1. The minimum atomic E-state index is -0.0780. The molecule has 2 aliphatic rings. The van der Waals surface area contributed by atoms with Crippen LogP contribution in [0.5, 0.6) is 0 Å². The highest BCUT2D eigenvalue weighted by molar-refractivity contribution is 6.04. The van der Waals surface area contributed by atoms with Gasteiger partial charge in [0.15, 0.2) is 0 Å². The highest BCUT2D eigenvalue weighted by Crippen LogP contribution is 2.24. The van der Waals surface area contributed by atoms with Crippen LogP contribution in [-0.2, 0) is 11.8 Å². The monoisotopic (exact) mass is 575 g/mol. The van der Waals surface area contributed by atoms with Crippen molar-refractivity contribution in [1.29, 1.82) is 0 Å². The molecule has 0 spiro atoms. The van der Waals surface area contributed by atoms with Crippen LogP contribution >= 0.6 is 0 Å². The fourth-order valence-corrected chi connectivity index (χ4v) is 6.19. The summed E-state index contributed by atoms with van der Waals surface area (Å²) in [5.74, 6) is 0.538. The SMILES string of the molecule is CCCN(CC1CCN(C(=O)N2CCN(C)CC2)CC1)C(C)Cc1cccc(NC(=O)c2ccc(C(C)(C)C)cc2)c1. The van der Waals surface area contributed by atoms with E-state index in [1.807, 2.05) is 41.3 Å². The molecule has 42 heavy (non-hydrogen) atoms. The van der Waals surface area contributed by atoms with Crippen molar-refractivity contribution in [2.45, 2.75) is 71.8 Å². The van der Waals surface area contributed by atoms with E-state index in [0.29, 0.717) is 17.5 Å². The predicted octanol–water partition coefficient (Wildman–Crippen LogP) is 5.96. The van der Waals surface area contributed by atoms with Crippen LogP contribution in [0.3, 0.4) is 0 Å². The van der Waals surface area contributed by atoms with E-state index in [4.69, 9.17) is 0 Å². The molecule has 2 fully saturated rings. The minimum Gasteiger partial charge on any atom is -0.325 e. The number of hydrogen-bond acceptors (Lipinski definition) is 4. The first kappa shape index (κ1) is 32.0. The Labute approximate surface area is 254 Å². The molecule has 1 atom stereocenters. The molecule has 3 amide bonds. The summed E-state index contributed by atoms with van der Waals surface area (Å²) in [5, 5.41) is 3.10. The standard InChI is InChI=1S/C35H53N5O2/c1-7-17-40(26-28-15-18-38(19-16-28)34(42)39-22-20-37(6)21-23-39)27(2)24-29-9-8-10-32(25-29)36-33(41)30-11-13-31(14-12-30)35(3,4)5/h8-14,25,27-28H,7,15-24,26H2,1-6H3,(H,36,41). The molecule has 7 heteroatoms. The number of anilines is 1. The van der Waals surface area contributed by atoms with Gasteiger partial charge in [0, 0.05) is 63.1 Å². The lowest BCUT2D eigenvalue weighted by Crippen LogP contribution is -2.53. The molecule has 2 aromatic rings. The van der Waals surface area contributed by atoms with Crippen molar-refractivity contribution in [3.63, 3.8) is 0 Å². The number of rotatable bonds is 9. The maximum Gasteiger partial charge on any atom is 0.320 e. The van der Waals surface area contributed by atoms with Gasteiger partial charge >= 0.3 is 6.03 Å².